The van der Waals surface area contributed by atoms with E-state index in [1.807, 2.05) is 20.8 Å². The third kappa shape index (κ3) is 5.47. The summed E-state index contributed by atoms with van der Waals surface area (Å²) in [5, 5.41) is 0. The third-order valence-corrected chi connectivity index (χ3v) is 0.477. The zero-order valence-electron chi connectivity index (χ0n) is 5.47. The molecule has 0 rings (SSSR count). The Hall–Kier alpha value is -0.530. The fraction of sp³-hybridized carbons (Fsp3) is 0.667. The van der Waals surface area contributed by atoms with Gasteiger partial charge in [-0.2, -0.15) is 0 Å². The number of hydrogen-bond acceptors (Lipinski definition) is 2. The lowest BCUT2D eigenvalue weighted by molar-refractivity contribution is -0.127. The second-order valence-electron chi connectivity index (χ2n) is 2.72. The van der Waals surface area contributed by atoms with Gasteiger partial charge in [-0.25, -0.2) is 0 Å². The van der Waals surface area contributed by atoms with E-state index in [2.05, 4.69) is 4.74 Å². The van der Waals surface area contributed by atoms with E-state index >= 15 is 0 Å². The molecule has 0 bridgehead atoms. The van der Waals surface area contributed by atoms with Crippen LogP contribution in [0.2, 0.25) is 0 Å². The van der Waals surface area contributed by atoms with Gasteiger partial charge in [-0.1, -0.05) is 20.8 Å². The number of hydrogen-bond donors (Lipinski definition) is 0. The minimum Gasteiger partial charge on any atom is -0.460 e. The second-order valence-corrected chi connectivity index (χ2v) is 2.72. The highest BCUT2D eigenvalue weighted by Gasteiger charge is 2.10. The molecule has 0 fully saturated rings. The lowest BCUT2D eigenvalue weighted by Crippen LogP contribution is -2.07. The fourth-order valence-electron chi connectivity index (χ4n) is 0.232. The molecule has 0 aromatic carbocycles. The molecule has 0 aliphatic heterocycles. The predicted molar refractivity (Wildman–Crippen MR) is 30.9 cm³/mol. The lowest BCUT2D eigenvalue weighted by atomic mass is 9.99. The van der Waals surface area contributed by atoms with Crippen molar-refractivity contribution >= 4 is 6.47 Å². The Labute approximate surface area is 49.8 Å². The van der Waals surface area contributed by atoms with Crippen molar-refractivity contribution in [1.29, 1.82) is 0 Å². The van der Waals surface area contributed by atoms with Crippen LogP contribution in [0.15, 0.2) is 0 Å². The normalized spacial score (nSPS) is 10.9. The van der Waals surface area contributed by atoms with Crippen molar-refractivity contribution in [2.75, 3.05) is 0 Å². The fourth-order valence-corrected chi connectivity index (χ4v) is 0.232. The topological polar surface area (TPSA) is 26.3 Å². The van der Waals surface area contributed by atoms with Gasteiger partial charge in [0.15, 0.2) is 0 Å². The number of ether oxygens (including phenoxy) is 1. The first kappa shape index (κ1) is 7.47. The molecule has 0 aromatic rings. The summed E-state index contributed by atoms with van der Waals surface area (Å²) in [6.07, 6.45) is 0. The molecule has 0 aliphatic carbocycles. The first-order valence-electron chi connectivity index (χ1n) is 2.50. The monoisotopic (exact) mass is 115 g/mol. The largest absolute Gasteiger partial charge is 0.460 e. The third-order valence-electron chi connectivity index (χ3n) is 0.477. The molecule has 0 aromatic heterocycles. The van der Waals surface area contributed by atoms with E-state index in [0.29, 0.717) is 6.47 Å². The molecule has 0 N–H and O–H groups in total. The van der Waals surface area contributed by atoms with Crippen LogP contribution < -0.4 is 0 Å². The molecule has 0 heterocycles. The highest BCUT2D eigenvalue weighted by Crippen LogP contribution is 2.16. The van der Waals surface area contributed by atoms with Gasteiger partial charge in [0, 0.05) is 5.41 Å². The molecule has 0 saturated heterocycles. The number of carbonyl (C=O) groups excluding carboxylic acids is 1. The van der Waals surface area contributed by atoms with Gasteiger partial charge in [0.25, 0.3) is 6.47 Å². The van der Waals surface area contributed by atoms with Crippen LogP contribution in [0.1, 0.15) is 20.8 Å². The molecule has 1 radical (unpaired) electrons. The van der Waals surface area contributed by atoms with Crippen LogP contribution in [0.4, 0.5) is 0 Å². The van der Waals surface area contributed by atoms with Crippen LogP contribution in [-0.4, -0.2) is 6.47 Å². The van der Waals surface area contributed by atoms with Crippen molar-refractivity contribution < 1.29 is 9.53 Å². The standard InChI is InChI=1S/C6H11O2/c1-6(2,3)4-8-5-7/h4-5H,1-3H3. The lowest BCUT2D eigenvalue weighted by Gasteiger charge is -2.13. The van der Waals surface area contributed by atoms with Gasteiger partial charge >= 0.3 is 0 Å². The Bertz CT molecular complexity index is 71.1. The van der Waals surface area contributed by atoms with Crippen LogP contribution in [0.3, 0.4) is 0 Å². The van der Waals surface area contributed by atoms with Gasteiger partial charge in [0.2, 0.25) is 0 Å². The van der Waals surface area contributed by atoms with E-state index in [-0.39, 0.29) is 5.41 Å². The highest BCUT2D eigenvalue weighted by molar-refractivity contribution is 5.37. The summed E-state index contributed by atoms with van der Waals surface area (Å²) in [5.74, 6) is 0. The highest BCUT2D eigenvalue weighted by atomic mass is 16.5. The van der Waals surface area contributed by atoms with Crippen LogP contribution >= 0.6 is 0 Å². The van der Waals surface area contributed by atoms with Crippen molar-refractivity contribution in [3.63, 3.8) is 0 Å². The second kappa shape index (κ2) is 2.70. The summed E-state index contributed by atoms with van der Waals surface area (Å²) < 4.78 is 4.39. The van der Waals surface area contributed by atoms with Crippen molar-refractivity contribution in [3.05, 3.63) is 6.61 Å². The first-order chi connectivity index (χ1) is 3.56. The Kier molecular flexibility index (Phi) is 2.52. The maximum atomic E-state index is 9.60. The summed E-state index contributed by atoms with van der Waals surface area (Å²) in [5.41, 5.74) is -0.0269. The molecule has 8 heavy (non-hydrogen) atoms. The van der Waals surface area contributed by atoms with Gasteiger partial charge in [-0.05, 0) is 0 Å². The molecular formula is C6H11O2. The maximum absolute atomic E-state index is 9.60. The van der Waals surface area contributed by atoms with E-state index in [1.54, 1.807) is 0 Å². The summed E-state index contributed by atoms with van der Waals surface area (Å²) in [4.78, 5) is 9.60. The summed E-state index contributed by atoms with van der Waals surface area (Å²) >= 11 is 0. The van der Waals surface area contributed by atoms with Crippen LogP contribution in [-0.2, 0) is 9.53 Å². The first-order valence-corrected chi connectivity index (χ1v) is 2.50. The van der Waals surface area contributed by atoms with E-state index in [1.165, 1.54) is 6.61 Å². The quantitative estimate of drug-likeness (QED) is 0.508. The molecule has 0 amide bonds. The Morgan fingerprint density at radius 3 is 2.00 bits per heavy atom. The molecule has 47 valence electrons. The van der Waals surface area contributed by atoms with Gasteiger partial charge in [0.05, 0.1) is 0 Å². The molecule has 0 unspecified atom stereocenters. The van der Waals surface area contributed by atoms with Crippen molar-refractivity contribution in [2.24, 2.45) is 5.41 Å². The van der Waals surface area contributed by atoms with Crippen LogP contribution in [0, 0.1) is 12.0 Å². The molecule has 0 spiro atoms. The zero-order chi connectivity index (χ0) is 6.62. The van der Waals surface area contributed by atoms with E-state index in [0.717, 1.165) is 0 Å². The van der Waals surface area contributed by atoms with E-state index in [4.69, 9.17) is 0 Å². The van der Waals surface area contributed by atoms with Crippen LogP contribution in [0.5, 0.6) is 0 Å². The summed E-state index contributed by atoms with van der Waals surface area (Å²) in [7, 11) is 0. The van der Waals surface area contributed by atoms with Crippen molar-refractivity contribution in [1.82, 2.24) is 0 Å². The van der Waals surface area contributed by atoms with Crippen LogP contribution in [0.25, 0.3) is 0 Å². The van der Waals surface area contributed by atoms with Gasteiger partial charge in [-0.3, -0.25) is 4.79 Å². The van der Waals surface area contributed by atoms with Gasteiger partial charge in [0.1, 0.15) is 6.61 Å². The minimum absolute atomic E-state index is 0.0269. The van der Waals surface area contributed by atoms with Crippen molar-refractivity contribution in [2.45, 2.75) is 20.8 Å². The van der Waals surface area contributed by atoms with E-state index < -0.39 is 0 Å². The number of carbonyl (C=O) groups is 1. The van der Waals surface area contributed by atoms with E-state index in [9.17, 15) is 4.79 Å². The average molecular weight is 115 g/mol. The molecule has 0 aliphatic rings. The zero-order valence-corrected chi connectivity index (χ0v) is 5.47. The molecule has 2 heteroatoms. The predicted octanol–water partition coefficient (Wildman–Crippen LogP) is 1.37. The maximum Gasteiger partial charge on any atom is 0.293 e. The Morgan fingerprint density at radius 1 is 1.38 bits per heavy atom. The summed E-state index contributed by atoms with van der Waals surface area (Å²) in [6.45, 7) is 7.79. The van der Waals surface area contributed by atoms with Crippen molar-refractivity contribution in [3.8, 4) is 0 Å². The van der Waals surface area contributed by atoms with Gasteiger partial charge < -0.3 is 4.74 Å². The molecule has 0 atom stereocenters. The SMILES string of the molecule is CC(C)(C)[CH]OC=O. The Morgan fingerprint density at radius 2 is 1.88 bits per heavy atom. The molecule has 0 saturated carbocycles. The van der Waals surface area contributed by atoms with Gasteiger partial charge in [-0.15, -0.1) is 0 Å². The molecular weight excluding hydrogens is 104 g/mol. The minimum atomic E-state index is -0.0269. The smallest absolute Gasteiger partial charge is 0.293 e. The summed E-state index contributed by atoms with van der Waals surface area (Å²) in [6, 6.07) is 0. The molecule has 2 nitrogen and oxygen atoms in total. The Balaban J connectivity index is 3.24. The number of rotatable bonds is 2. The average Bonchev–Trinajstić information content (AvgIpc) is 1.59.